The molecule has 7 heteroatoms. The van der Waals surface area contributed by atoms with E-state index in [0.29, 0.717) is 23.8 Å². The molecule has 0 aliphatic carbocycles. The Labute approximate surface area is 240 Å². The standard InChI is InChI=1S/3C9H21P.3ClH.Ir/c3*1-4-7-10(8-5-2)9-6-3;;;;/h3*4-9H2,1-3H3;3*1H;/q;;;;;;+3/p-3. The third-order valence-electron chi connectivity index (χ3n) is 4.86. The molecule has 0 saturated carbocycles. The molecule has 0 aromatic heterocycles. The van der Waals surface area contributed by atoms with Gasteiger partial charge in [0.2, 0.25) is 0 Å². The van der Waals surface area contributed by atoms with Crippen molar-refractivity contribution in [1.29, 1.82) is 0 Å². The topological polar surface area (TPSA) is 0 Å². The van der Waals surface area contributed by atoms with Crippen LogP contribution in [0, 0.1) is 0 Å². The van der Waals surface area contributed by atoms with Crippen LogP contribution >= 0.6 is 52.5 Å². The predicted molar refractivity (Wildman–Crippen MR) is 175 cm³/mol. The van der Waals surface area contributed by atoms with E-state index in [1.165, 1.54) is 113 Å². The van der Waals surface area contributed by atoms with E-state index in [1.807, 2.05) is 0 Å². The Morgan fingerprint density at radius 3 is 0.471 bits per heavy atom. The molecular weight excluding hydrogens is 716 g/mol. The van der Waals surface area contributed by atoms with Crippen molar-refractivity contribution in [3.63, 3.8) is 0 Å². The fraction of sp³-hybridized carbons (Fsp3) is 1.00. The number of rotatable bonds is 18. The second-order valence-corrected chi connectivity index (χ2v) is 27.1. The average Bonchev–Trinajstić information content (AvgIpc) is 2.76. The van der Waals surface area contributed by atoms with Crippen LogP contribution in [0.4, 0.5) is 0 Å². The van der Waals surface area contributed by atoms with Crippen LogP contribution in [0.3, 0.4) is 0 Å². The Bertz CT molecular complexity index is 239. The number of hydrogen-bond acceptors (Lipinski definition) is 0. The van der Waals surface area contributed by atoms with Crippen molar-refractivity contribution in [2.75, 3.05) is 55.5 Å². The van der Waals surface area contributed by atoms with E-state index in [1.54, 1.807) is 0 Å². The summed E-state index contributed by atoms with van der Waals surface area (Å²) in [6.07, 6.45) is 26.1. The second-order valence-electron chi connectivity index (χ2n) is 8.67. The van der Waals surface area contributed by atoms with Crippen molar-refractivity contribution in [1.82, 2.24) is 0 Å². The molecule has 0 unspecified atom stereocenters. The van der Waals surface area contributed by atoms with Crippen LogP contribution in [0.5, 0.6) is 0 Å². The third-order valence-corrected chi connectivity index (χ3v) is 14.6. The van der Waals surface area contributed by atoms with Gasteiger partial charge in [-0.1, -0.05) is 120 Å². The van der Waals surface area contributed by atoms with Crippen molar-refractivity contribution in [3.05, 3.63) is 0 Å². The minimum absolute atomic E-state index is 0.439. The molecule has 0 bridgehead atoms. The van der Waals surface area contributed by atoms with Crippen molar-refractivity contribution in [2.45, 2.75) is 120 Å². The van der Waals surface area contributed by atoms with Crippen LogP contribution in [0.2, 0.25) is 0 Å². The quantitative estimate of drug-likeness (QED) is 0.122. The summed E-state index contributed by atoms with van der Waals surface area (Å²) in [5.74, 6) is 0. The molecule has 0 rings (SSSR count). The van der Waals surface area contributed by atoms with Gasteiger partial charge in [0.25, 0.3) is 0 Å². The van der Waals surface area contributed by atoms with Crippen molar-refractivity contribution in [2.24, 2.45) is 0 Å². The fourth-order valence-corrected chi connectivity index (χ4v) is 11.6. The van der Waals surface area contributed by atoms with Gasteiger partial charge in [0.15, 0.2) is 0 Å². The zero-order valence-corrected chi connectivity index (χ0v) is 31.9. The number of hydrogen-bond donors (Lipinski definition) is 0. The Morgan fingerprint density at radius 2 is 0.412 bits per heavy atom. The van der Waals surface area contributed by atoms with Crippen molar-refractivity contribution >= 4 is 52.5 Å². The monoisotopic (exact) mass is 778 g/mol. The van der Waals surface area contributed by atoms with E-state index in [0.717, 1.165) is 0 Å². The molecule has 0 spiro atoms. The van der Waals surface area contributed by atoms with Gasteiger partial charge in [0, 0.05) is 0 Å². The van der Waals surface area contributed by atoms with Gasteiger partial charge < -0.3 is 0 Å². The summed E-state index contributed by atoms with van der Waals surface area (Å²) in [5.41, 5.74) is 0. The Morgan fingerprint density at radius 1 is 0.324 bits per heavy atom. The van der Waals surface area contributed by atoms with E-state index >= 15 is 0 Å². The van der Waals surface area contributed by atoms with Gasteiger partial charge in [-0.3, -0.25) is 0 Å². The van der Waals surface area contributed by atoms with E-state index in [-0.39, 0.29) is 0 Å². The summed E-state index contributed by atoms with van der Waals surface area (Å²) in [6, 6.07) is 0. The van der Waals surface area contributed by atoms with E-state index in [9.17, 15) is 0 Å². The molecule has 0 fully saturated rings. The maximum atomic E-state index is 4.97. The van der Waals surface area contributed by atoms with Gasteiger partial charge in [0.05, 0.1) is 0 Å². The fourth-order valence-electron chi connectivity index (χ4n) is 3.85. The molecule has 0 nitrogen and oxygen atoms in total. The zero-order chi connectivity index (χ0) is 27.0. The molecule has 0 amide bonds. The Hall–Kier alpha value is 2.81. The first-order chi connectivity index (χ1) is 16.3. The molecule has 216 valence electrons. The summed E-state index contributed by atoms with van der Waals surface area (Å²) < 4.78 is 0. The van der Waals surface area contributed by atoms with E-state index < -0.39 is 13.5 Å². The predicted octanol–water partition coefficient (Wildman–Crippen LogP) is 13.2. The summed E-state index contributed by atoms with van der Waals surface area (Å²) >= 11 is -1.92. The molecular formula is C27H63Cl3IrP3. The summed E-state index contributed by atoms with van der Waals surface area (Å²) in [5, 5.41) is 0. The van der Waals surface area contributed by atoms with Gasteiger partial charge in [0.1, 0.15) is 0 Å². The second kappa shape index (κ2) is 40.3. The first kappa shape index (κ1) is 43.8. The van der Waals surface area contributed by atoms with Crippen LogP contribution in [0.25, 0.3) is 0 Å². The summed E-state index contributed by atoms with van der Waals surface area (Å²) in [6.45, 7) is 20.8. The molecule has 0 heterocycles. The van der Waals surface area contributed by atoms with Gasteiger partial charge in [-0.25, -0.2) is 0 Å². The third kappa shape index (κ3) is 44.8. The van der Waals surface area contributed by atoms with Gasteiger partial charge >= 0.3 is 42.2 Å². The zero-order valence-electron chi connectivity index (χ0n) is 24.5. The Balaban J connectivity index is -0.000000184. The van der Waals surface area contributed by atoms with E-state index in [4.69, 9.17) is 28.8 Å². The minimum atomic E-state index is -1.92. The molecule has 0 aromatic carbocycles. The van der Waals surface area contributed by atoms with Gasteiger partial charge in [-0.05, 0) is 55.5 Å². The van der Waals surface area contributed by atoms with Crippen LogP contribution in [-0.2, 0) is 13.5 Å². The maximum absolute atomic E-state index is 4.97. The normalized spacial score (nSPS) is 10.9. The van der Waals surface area contributed by atoms with Gasteiger partial charge in [-0.2, -0.15) is 0 Å². The molecule has 0 aliphatic heterocycles. The molecule has 0 aromatic rings. The summed E-state index contributed by atoms with van der Waals surface area (Å²) in [4.78, 5) is 0. The molecule has 0 radical (unpaired) electrons. The van der Waals surface area contributed by atoms with Crippen molar-refractivity contribution < 1.29 is 13.5 Å². The van der Waals surface area contributed by atoms with Crippen LogP contribution in [-0.4, -0.2) is 55.5 Å². The average molecular weight is 779 g/mol. The SMILES string of the molecule is CCCP(CCC)CCC.CCCP(CCC)CCC.CCCP(CCC)CCC.[Cl][Ir]([Cl])[Cl]. The molecule has 0 saturated heterocycles. The molecule has 0 aliphatic rings. The molecule has 0 N–H and O–H groups in total. The summed E-state index contributed by atoms with van der Waals surface area (Å²) in [7, 11) is 16.2. The van der Waals surface area contributed by atoms with E-state index in [2.05, 4.69) is 62.3 Å². The Kier molecular flexibility index (Phi) is 52.0. The van der Waals surface area contributed by atoms with Crippen LogP contribution < -0.4 is 0 Å². The van der Waals surface area contributed by atoms with Gasteiger partial charge in [-0.15, -0.1) is 23.8 Å². The van der Waals surface area contributed by atoms with Crippen molar-refractivity contribution in [3.8, 4) is 0 Å². The number of halogens is 3. The first-order valence-electron chi connectivity index (χ1n) is 14.1. The first-order valence-corrected chi connectivity index (χ1v) is 28.7. The van der Waals surface area contributed by atoms with Crippen LogP contribution in [0.15, 0.2) is 0 Å². The molecule has 34 heavy (non-hydrogen) atoms. The van der Waals surface area contributed by atoms with Crippen LogP contribution in [0.1, 0.15) is 120 Å². The molecule has 0 atom stereocenters.